The van der Waals surface area contributed by atoms with Crippen LogP contribution in [0.2, 0.25) is 0 Å². The molecule has 5 fully saturated rings. The number of rotatable bonds is 6. The molecule has 10 heteroatoms. The minimum atomic E-state index is -0.621. The maximum Gasteiger partial charge on any atom is 0.363 e. The number of imide groups is 1. The van der Waals surface area contributed by atoms with Crippen molar-refractivity contribution in [1.29, 1.82) is 0 Å². The third-order valence-electron chi connectivity index (χ3n) is 9.15. The number of hydrogen-bond donors (Lipinski definition) is 1. The van der Waals surface area contributed by atoms with Crippen molar-refractivity contribution in [3.63, 3.8) is 0 Å². The summed E-state index contributed by atoms with van der Waals surface area (Å²) in [6.07, 6.45) is 7.59. The predicted octanol–water partition coefficient (Wildman–Crippen LogP) is 3.57. The molecular weight excluding hydrogens is 522 g/mol. The number of carbonyl (C=O) groups is 4. The molecular formula is C28H31N3O5S2. The first-order valence-corrected chi connectivity index (χ1v) is 15.7. The number of amides is 3. The van der Waals surface area contributed by atoms with E-state index in [4.69, 9.17) is 9.73 Å². The van der Waals surface area contributed by atoms with E-state index < -0.39 is 11.9 Å². The summed E-state index contributed by atoms with van der Waals surface area (Å²) < 4.78 is 6.21. The Morgan fingerprint density at radius 2 is 1.87 bits per heavy atom. The summed E-state index contributed by atoms with van der Waals surface area (Å²) in [6, 6.07) is 5.05. The number of thioether (sulfide) groups is 2. The molecule has 1 N–H and O–H groups in total. The van der Waals surface area contributed by atoms with Crippen molar-refractivity contribution >= 4 is 52.3 Å². The van der Waals surface area contributed by atoms with Crippen LogP contribution in [0.1, 0.15) is 67.3 Å². The van der Waals surface area contributed by atoms with Gasteiger partial charge < -0.3 is 9.64 Å². The van der Waals surface area contributed by atoms with E-state index in [9.17, 15) is 19.2 Å². The molecule has 1 aromatic rings. The molecule has 4 bridgehead atoms. The molecule has 8 rings (SSSR count). The van der Waals surface area contributed by atoms with Gasteiger partial charge in [-0.25, -0.2) is 4.79 Å². The van der Waals surface area contributed by atoms with E-state index in [1.807, 2.05) is 12.1 Å². The largest absolute Gasteiger partial charge is 0.454 e. The van der Waals surface area contributed by atoms with Gasteiger partial charge >= 0.3 is 5.97 Å². The molecule has 8 nitrogen and oxygen atoms in total. The zero-order chi connectivity index (χ0) is 26.0. The Labute approximate surface area is 230 Å². The van der Waals surface area contributed by atoms with E-state index >= 15 is 0 Å². The summed E-state index contributed by atoms with van der Waals surface area (Å²) in [7, 11) is 0. The quantitative estimate of drug-likeness (QED) is 0.326. The average molecular weight is 554 g/mol. The van der Waals surface area contributed by atoms with Gasteiger partial charge in [-0.05, 0) is 80.4 Å². The van der Waals surface area contributed by atoms with Crippen molar-refractivity contribution in [2.45, 2.75) is 80.5 Å². The summed E-state index contributed by atoms with van der Waals surface area (Å²) in [5.41, 5.74) is 1.28. The van der Waals surface area contributed by atoms with E-state index in [2.05, 4.69) is 5.32 Å². The average Bonchev–Trinajstić information content (AvgIpc) is 3.47. The fourth-order valence-corrected chi connectivity index (χ4v) is 10.1. The van der Waals surface area contributed by atoms with E-state index in [-0.39, 0.29) is 35.8 Å². The van der Waals surface area contributed by atoms with Crippen LogP contribution in [-0.2, 0) is 25.7 Å². The van der Waals surface area contributed by atoms with Gasteiger partial charge in [0.2, 0.25) is 11.8 Å². The van der Waals surface area contributed by atoms with Crippen LogP contribution in [0.15, 0.2) is 28.1 Å². The molecule has 0 aromatic heterocycles. The van der Waals surface area contributed by atoms with E-state index in [1.54, 1.807) is 22.7 Å². The van der Waals surface area contributed by atoms with Gasteiger partial charge in [-0.3, -0.25) is 24.7 Å². The second-order valence-corrected chi connectivity index (χ2v) is 14.0. The fraction of sp³-hybridized carbons (Fsp3) is 0.607. The Balaban J connectivity index is 0.988. The molecule has 2 unspecified atom stereocenters. The Morgan fingerprint density at radius 3 is 2.58 bits per heavy atom. The van der Waals surface area contributed by atoms with Crippen molar-refractivity contribution in [2.75, 3.05) is 11.5 Å². The number of carbonyl (C=O) groups excluding carboxylic acids is 4. The molecule has 0 spiro atoms. The van der Waals surface area contributed by atoms with Crippen LogP contribution < -0.4 is 5.32 Å². The summed E-state index contributed by atoms with van der Waals surface area (Å²) in [5.74, 6) is 2.52. The van der Waals surface area contributed by atoms with Crippen LogP contribution >= 0.6 is 23.5 Å². The molecule has 2 atom stereocenters. The molecule has 1 aromatic carbocycles. The molecule has 3 heterocycles. The maximum atomic E-state index is 13.1. The molecule has 38 heavy (non-hydrogen) atoms. The highest BCUT2D eigenvalue weighted by Gasteiger charge is 2.53. The second-order valence-electron chi connectivity index (χ2n) is 11.9. The maximum absolute atomic E-state index is 13.1. The van der Waals surface area contributed by atoms with Gasteiger partial charge in [-0.2, -0.15) is 0 Å². The highest BCUT2D eigenvalue weighted by atomic mass is 32.2. The molecule has 4 saturated carbocycles. The van der Waals surface area contributed by atoms with E-state index in [0.717, 1.165) is 53.2 Å². The third kappa shape index (κ3) is 4.37. The van der Waals surface area contributed by atoms with Crippen molar-refractivity contribution in [1.82, 2.24) is 10.2 Å². The number of nitrogens with zero attached hydrogens (tertiary/aromatic N) is 2. The molecule has 3 aliphatic heterocycles. The number of piperidine rings is 1. The Kier molecular flexibility index (Phi) is 6.11. The van der Waals surface area contributed by atoms with E-state index in [0.29, 0.717) is 29.3 Å². The van der Waals surface area contributed by atoms with Gasteiger partial charge in [0.25, 0.3) is 5.91 Å². The van der Waals surface area contributed by atoms with Crippen LogP contribution in [0.25, 0.3) is 0 Å². The van der Waals surface area contributed by atoms with Crippen LogP contribution in [0.5, 0.6) is 0 Å². The lowest BCUT2D eigenvalue weighted by Gasteiger charge is -2.55. The predicted molar refractivity (Wildman–Crippen MR) is 144 cm³/mol. The van der Waals surface area contributed by atoms with Crippen LogP contribution in [-0.4, -0.2) is 62.8 Å². The topological polar surface area (TPSA) is 105 Å². The molecule has 7 aliphatic rings. The first-order chi connectivity index (χ1) is 18.4. The van der Waals surface area contributed by atoms with Crippen LogP contribution in [0, 0.1) is 17.8 Å². The molecule has 0 radical (unpaired) electrons. The van der Waals surface area contributed by atoms with Gasteiger partial charge in [0.15, 0.2) is 5.04 Å². The minimum absolute atomic E-state index is 0.00288. The monoisotopic (exact) mass is 553 g/mol. The van der Waals surface area contributed by atoms with Gasteiger partial charge in [-0.1, -0.05) is 17.8 Å². The summed E-state index contributed by atoms with van der Waals surface area (Å²) in [5, 5.41) is 2.86. The number of nitrogens with one attached hydrogen (secondary N) is 1. The lowest BCUT2D eigenvalue weighted by molar-refractivity contribution is -0.178. The first-order valence-electron chi connectivity index (χ1n) is 13.7. The molecule has 1 saturated heterocycles. The summed E-state index contributed by atoms with van der Waals surface area (Å²) in [4.78, 5) is 57.4. The van der Waals surface area contributed by atoms with Crippen molar-refractivity contribution in [3.8, 4) is 0 Å². The van der Waals surface area contributed by atoms with Crippen molar-refractivity contribution in [3.05, 3.63) is 29.3 Å². The molecule has 200 valence electrons. The summed E-state index contributed by atoms with van der Waals surface area (Å²) in [6.45, 7) is 0.356. The zero-order valence-electron chi connectivity index (χ0n) is 21.1. The Hall–Kier alpha value is -2.33. The number of fused-ring (bicyclic) bond motifs is 1. The highest BCUT2D eigenvalue weighted by Crippen LogP contribution is 2.57. The highest BCUT2D eigenvalue weighted by molar-refractivity contribution is 8.16. The zero-order valence-corrected chi connectivity index (χ0v) is 22.8. The number of aliphatic imine (C=N–C) groups is 1. The molecule has 4 aliphatic carbocycles. The van der Waals surface area contributed by atoms with Crippen molar-refractivity contribution < 1.29 is 23.9 Å². The van der Waals surface area contributed by atoms with Crippen LogP contribution in [0.4, 0.5) is 0 Å². The van der Waals surface area contributed by atoms with Gasteiger partial charge in [0, 0.05) is 34.9 Å². The Morgan fingerprint density at radius 1 is 1.13 bits per heavy atom. The lowest BCUT2D eigenvalue weighted by Crippen LogP contribution is -2.53. The number of ether oxygens (including phenoxy) is 1. The number of benzene rings is 1. The number of hydrogen-bond acceptors (Lipinski definition) is 8. The van der Waals surface area contributed by atoms with Gasteiger partial charge in [0.1, 0.15) is 11.6 Å². The van der Waals surface area contributed by atoms with E-state index in [1.165, 1.54) is 31.0 Å². The van der Waals surface area contributed by atoms with Gasteiger partial charge in [0.05, 0.1) is 6.04 Å². The fourth-order valence-electron chi connectivity index (χ4n) is 7.89. The second kappa shape index (κ2) is 9.40. The van der Waals surface area contributed by atoms with Gasteiger partial charge in [-0.15, -0.1) is 11.8 Å². The van der Waals surface area contributed by atoms with Crippen molar-refractivity contribution in [2.24, 2.45) is 22.7 Å². The normalized spacial score (nSPS) is 35.4. The van der Waals surface area contributed by atoms with Crippen LogP contribution in [0.3, 0.4) is 0 Å². The first kappa shape index (κ1) is 24.7. The molecule has 3 amide bonds. The Bertz CT molecular complexity index is 1230. The number of esters is 1. The smallest absolute Gasteiger partial charge is 0.363 e. The standard InChI is InChI=1S/C28H31N3O5S2/c32-23-5-4-21(24(33)30-23)31-12-20-19(26(31)34)2-1-3-22(20)37-13-18-14-38-25(29-18)27(35)36-28-9-15-6-16(10-28)8-17(7-15)11-28/h1-3,15-18,21H,4-14H2,(H,30,32,33). The third-order valence-corrected chi connectivity index (χ3v) is 11.5. The lowest BCUT2D eigenvalue weighted by atomic mass is 9.54. The minimum Gasteiger partial charge on any atom is -0.454 e. The summed E-state index contributed by atoms with van der Waals surface area (Å²) >= 11 is 3.13. The SMILES string of the molecule is O=C1CCC(N2Cc3c(SCC4CSC(C(=O)OC56CC7CC(CC(C7)C5)C6)=N4)cccc3C2=O)C(=O)N1.